The van der Waals surface area contributed by atoms with Crippen LogP contribution in [-0.2, 0) is 27.9 Å². The molecule has 1 amide bonds. The molecule has 0 radical (unpaired) electrons. The minimum atomic E-state index is -4.46. The number of hydrogen-bond acceptors (Lipinski definition) is 6. The van der Waals surface area contributed by atoms with Crippen molar-refractivity contribution in [2.24, 2.45) is 0 Å². The van der Waals surface area contributed by atoms with Crippen molar-refractivity contribution in [2.45, 2.75) is 238 Å². The molecule has 3 atom stereocenters. The maximum atomic E-state index is 13.4. The summed E-state index contributed by atoms with van der Waals surface area (Å²) in [6.07, 6.45) is 55.3. The van der Waals surface area contributed by atoms with Crippen LogP contribution in [0.2, 0.25) is 0 Å². The Kier molecular flexibility index (Phi) is 43.9. The van der Waals surface area contributed by atoms with Gasteiger partial charge in [-0.3, -0.25) is 18.6 Å². The molecular weight excluding hydrogens is 832 g/mol. The van der Waals surface area contributed by atoms with Crippen LogP contribution in [0.4, 0.5) is 0 Å². The maximum absolute atomic E-state index is 13.4. The Hall–Kier alpha value is -2.29. The van der Waals surface area contributed by atoms with E-state index in [0.29, 0.717) is 23.9 Å². The highest BCUT2D eigenvalue weighted by Gasteiger charge is 2.30. The van der Waals surface area contributed by atoms with Crippen molar-refractivity contribution < 1.29 is 37.3 Å². The molecule has 0 saturated heterocycles. The fourth-order valence-corrected chi connectivity index (χ4v) is 8.01. The summed E-state index contributed by atoms with van der Waals surface area (Å²) in [5, 5.41) is 2.98. The van der Waals surface area contributed by atoms with Gasteiger partial charge in [-0.1, -0.05) is 204 Å². The third-order valence-electron chi connectivity index (χ3n) is 11.5. The van der Waals surface area contributed by atoms with Gasteiger partial charge in [0.15, 0.2) is 0 Å². The van der Waals surface area contributed by atoms with Gasteiger partial charge in [-0.05, 0) is 70.3 Å². The van der Waals surface area contributed by atoms with Crippen LogP contribution in [0, 0.1) is 0 Å². The molecule has 378 valence electrons. The molecule has 0 aliphatic carbocycles. The molecule has 9 nitrogen and oxygen atoms in total. The smallest absolute Gasteiger partial charge is 0.456 e. The summed E-state index contributed by atoms with van der Waals surface area (Å²) in [6.45, 7) is 6.90. The lowest BCUT2D eigenvalue weighted by Crippen LogP contribution is -2.47. The van der Waals surface area contributed by atoms with Crippen molar-refractivity contribution in [3.63, 3.8) is 0 Å². The van der Waals surface area contributed by atoms with E-state index in [1.807, 2.05) is 45.4 Å². The lowest BCUT2D eigenvalue weighted by atomic mass is 10.0. The molecule has 0 aromatic rings. The number of nitrogens with one attached hydrogen (secondary N) is 1. The molecule has 0 aromatic carbocycles. The van der Waals surface area contributed by atoms with Gasteiger partial charge in [0.1, 0.15) is 19.3 Å². The average molecular weight is 934 g/mol. The van der Waals surface area contributed by atoms with Gasteiger partial charge in [-0.2, -0.15) is 0 Å². The normalized spacial score (nSPS) is 14.4. The van der Waals surface area contributed by atoms with Crippen molar-refractivity contribution in [3.8, 4) is 0 Å². The third-order valence-corrected chi connectivity index (χ3v) is 12.4. The molecule has 0 fully saturated rings. The number of amides is 1. The highest BCUT2D eigenvalue weighted by molar-refractivity contribution is 7.47. The first-order valence-electron chi connectivity index (χ1n) is 26.6. The largest absolute Gasteiger partial charge is 0.472 e. The zero-order valence-electron chi connectivity index (χ0n) is 43.0. The summed E-state index contributed by atoms with van der Waals surface area (Å²) in [7, 11) is 1.44. The fraction of sp³-hybridized carbons (Fsp3) is 0.782. The molecule has 0 saturated carbocycles. The van der Waals surface area contributed by atoms with Crippen molar-refractivity contribution in [2.75, 3.05) is 40.9 Å². The van der Waals surface area contributed by atoms with E-state index >= 15 is 0 Å². The molecule has 0 aliphatic heterocycles. The van der Waals surface area contributed by atoms with Crippen LogP contribution in [0.1, 0.15) is 226 Å². The summed E-state index contributed by atoms with van der Waals surface area (Å²) in [6, 6.07) is -0.899. The van der Waals surface area contributed by atoms with E-state index in [2.05, 4.69) is 62.5 Å². The van der Waals surface area contributed by atoms with Gasteiger partial charge in [0.05, 0.1) is 33.8 Å². The zero-order valence-corrected chi connectivity index (χ0v) is 43.9. The topological polar surface area (TPSA) is 111 Å². The van der Waals surface area contributed by atoms with Gasteiger partial charge in [-0.15, -0.1) is 0 Å². The molecule has 0 heterocycles. The first-order valence-corrected chi connectivity index (χ1v) is 28.1. The number of likely N-dealkylation sites (N-methyl/N-ethyl adjacent to an activating group) is 1. The van der Waals surface area contributed by atoms with Crippen LogP contribution in [0.3, 0.4) is 0 Å². The van der Waals surface area contributed by atoms with E-state index in [0.717, 1.165) is 44.9 Å². The first kappa shape index (κ1) is 62.7. The van der Waals surface area contributed by atoms with E-state index in [1.54, 1.807) is 0 Å². The predicted molar refractivity (Wildman–Crippen MR) is 277 cm³/mol. The van der Waals surface area contributed by atoms with Gasteiger partial charge in [0.25, 0.3) is 0 Å². The van der Waals surface area contributed by atoms with E-state index in [9.17, 15) is 19.0 Å². The third kappa shape index (κ3) is 46.6. The number of rotatable bonds is 47. The van der Waals surface area contributed by atoms with Crippen LogP contribution in [0.15, 0.2) is 60.8 Å². The van der Waals surface area contributed by atoms with Crippen LogP contribution < -0.4 is 5.32 Å². The number of phosphoric ester groups is 1. The molecule has 3 unspecified atom stereocenters. The van der Waals surface area contributed by atoms with Crippen molar-refractivity contribution in [1.82, 2.24) is 5.32 Å². The SMILES string of the molecule is CCCCCCCC/C=C\C/C=C/CCC(=O)NC(COP(=O)(O)OCC[N+](C)(C)C)C(/C=C/CCCCCCCCCCCCC)OC(=O)CC/C=C/C/C=C\CCCCCCCC. The van der Waals surface area contributed by atoms with E-state index in [4.69, 9.17) is 13.8 Å². The summed E-state index contributed by atoms with van der Waals surface area (Å²) in [4.78, 5) is 37.3. The number of carbonyl (C=O) groups is 2. The molecule has 10 heteroatoms. The molecule has 0 rings (SSSR count). The Labute approximate surface area is 401 Å². The Morgan fingerprint density at radius 3 is 1.38 bits per heavy atom. The van der Waals surface area contributed by atoms with Gasteiger partial charge >= 0.3 is 13.8 Å². The minimum absolute atomic E-state index is 0.0224. The summed E-state index contributed by atoms with van der Waals surface area (Å²) >= 11 is 0. The summed E-state index contributed by atoms with van der Waals surface area (Å²) < 4.78 is 30.4. The van der Waals surface area contributed by atoms with Crippen molar-refractivity contribution in [1.29, 1.82) is 0 Å². The maximum Gasteiger partial charge on any atom is 0.472 e. The van der Waals surface area contributed by atoms with Crippen LogP contribution in [0.25, 0.3) is 0 Å². The number of ether oxygens (including phenoxy) is 1. The Morgan fingerprint density at radius 2 is 0.938 bits per heavy atom. The zero-order chi connectivity index (χ0) is 48.0. The van der Waals surface area contributed by atoms with E-state index in [-0.39, 0.29) is 32.0 Å². The second kappa shape index (κ2) is 45.5. The van der Waals surface area contributed by atoms with E-state index in [1.165, 1.54) is 135 Å². The Morgan fingerprint density at radius 1 is 0.538 bits per heavy atom. The molecule has 0 aliphatic rings. The number of carbonyl (C=O) groups excluding carboxylic acids is 2. The van der Waals surface area contributed by atoms with Gasteiger partial charge in [0.2, 0.25) is 5.91 Å². The standard InChI is InChI=1S/C55H101N2O7P/c1-7-10-13-16-19-22-25-28-31-34-37-40-43-46-53(64-55(59)48-45-42-39-36-33-30-27-24-21-18-15-12-9-3)52(51-63-65(60,61)62-50-49-57(4,5)6)56-54(58)47-44-41-38-35-32-29-26-23-20-17-14-11-8-2/h29-30,32-33,38-39,41-43,46,52-53H,7-28,31,34-37,40,44-45,47-51H2,1-6H3,(H-,56,58,60,61)/p+1/b32-29-,33-30-,41-38+,42-39+,46-43+. The average Bonchev–Trinajstić information content (AvgIpc) is 3.26. The summed E-state index contributed by atoms with van der Waals surface area (Å²) in [5.41, 5.74) is 0. The molecule has 65 heavy (non-hydrogen) atoms. The highest BCUT2D eigenvalue weighted by atomic mass is 31.2. The number of esters is 1. The Balaban J connectivity index is 5.60. The number of phosphoric acid groups is 1. The molecular formula is C55H102N2O7P+. The molecule has 0 aromatic heterocycles. The molecule has 0 spiro atoms. The van der Waals surface area contributed by atoms with Crippen LogP contribution in [0.5, 0.6) is 0 Å². The van der Waals surface area contributed by atoms with Gasteiger partial charge in [-0.25, -0.2) is 4.57 Å². The quantitative estimate of drug-likeness (QED) is 0.0206. The van der Waals surface area contributed by atoms with Crippen molar-refractivity contribution in [3.05, 3.63) is 60.8 Å². The number of unbranched alkanes of at least 4 members (excludes halogenated alkanes) is 23. The number of allylic oxidation sites excluding steroid dienone is 9. The number of quaternary nitrogens is 1. The Bertz CT molecular complexity index is 1300. The number of hydrogen-bond donors (Lipinski definition) is 2. The number of nitrogens with zero attached hydrogens (tertiary/aromatic N) is 1. The molecule has 2 N–H and O–H groups in total. The highest BCUT2D eigenvalue weighted by Crippen LogP contribution is 2.43. The van der Waals surface area contributed by atoms with Crippen LogP contribution in [-0.4, -0.2) is 74.3 Å². The lowest BCUT2D eigenvalue weighted by molar-refractivity contribution is -0.870. The van der Waals surface area contributed by atoms with Gasteiger partial charge in [0, 0.05) is 12.8 Å². The monoisotopic (exact) mass is 934 g/mol. The summed E-state index contributed by atoms with van der Waals surface area (Å²) in [5.74, 6) is -0.663. The first-order chi connectivity index (χ1) is 31.4. The van der Waals surface area contributed by atoms with E-state index < -0.39 is 25.9 Å². The second-order valence-corrected chi connectivity index (χ2v) is 20.5. The van der Waals surface area contributed by atoms with Crippen molar-refractivity contribution >= 4 is 19.7 Å². The fourth-order valence-electron chi connectivity index (χ4n) is 7.28. The second-order valence-electron chi connectivity index (χ2n) is 19.0. The molecule has 0 bridgehead atoms. The lowest BCUT2D eigenvalue weighted by Gasteiger charge is -2.27. The minimum Gasteiger partial charge on any atom is -0.456 e. The van der Waals surface area contributed by atoms with Gasteiger partial charge < -0.3 is 19.4 Å². The predicted octanol–water partition coefficient (Wildman–Crippen LogP) is 15.5. The van der Waals surface area contributed by atoms with Crippen LogP contribution >= 0.6 is 7.82 Å².